The van der Waals surface area contributed by atoms with Crippen molar-refractivity contribution in [1.82, 2.24) is 10.6 Å². The molecule has 0 unspecified atom stereocenters. The van der Waals surface area contributed by atoms with Gasteiger partial charge < -0.3 is 0 Å². The zero-order valence-corrected chi connectivity index (χ0v) is 10.6. The highest BCUT2D eigenvalue weighted by Crippen LogP contribution is 2.14. The average Bonchev–Trinajstić information content (AvgIpc) is 2.33. The smallest absolute Gasteiger partial charge is 0.282 e. The van der Waals surface area contributed by atoms with Crippen LogP contribution < -0.4 is 10.6 Å². The zero-order valence-electron chi connectivity index (χ0n) is 9.78. The number of urea groups is 1. The first-order chi connectivity index (χ1) is 9.27. The topological polar surface area (TPSA) is 130 Å². The van der Waals surface area contributed by atoms with Gasteiger partial charge in [-0.2, -0.15) is 8.42 Å². The lowest BCUT2D eigenvalue weighted by atomic mass is 10.1. The van der Waals surface area contributed by atoms with Crippen molar-refractivity contribution in [3.8, 4) is 0 Å². The van der Waals surface area contributed by atoms with E-state index in [0.29, 0.717) is 5.56 Å². The van der Waals surface area contributed by atoms with Crippen LogP contribution in [0.5, 0.6) is 0 Å². The minimum Gasteiger partial charge on any atom is -0.282 e. The van der Waals surface area contributed by atoms with Gasteiger partial charge in [0, 0.05) is 0 Å². The van der Waals surface area contributed by atoms with Gasteiger partial charge in [-0.15, -0.1) is 0 Å². The molecule has 0 atom stereocenters. The maximum absolute atomic E-state index is 11.4. The predicted octanol–water partition coefficient (Wildman–Crippen LogP) is -0.317. The summed E-state index contributed by atoms with van der Waals surface area (Å²) in [4.78, 5) is 33.4. The normalized spacial score (nSPS) is 15.7. The highest BCUT2D eigenvalue weighted by atomic mass is 32.2. The third-order valence-electron chi connectivity index (χ3n) is 2.43. The van der Waals surface area contributed by atoms with Gasteiger partial charge in [-0.1, -0.05) is 12.1 Å². The van der Waals surface area contributed by atoms with Crippen LogP contribution in [0.25, 0.3) is 6.08 Å². The van der Waals surface area contributed by atoms with Gasteiger partial charge >= 0.3 is 6.03 Å². The van der Waals surface area contributed by atoms with Crippen molar-refractivity contribution < 1.29 is 27.4 Å². The Labute approximate surface area is 113 Å². The zero-order chi connectivity index (χ0) is 14.9. The van der Waals surface area contributed by atoms with Crippen LogP contribution in [-0.2, 0) is 19.7 Å². The number of carbonyl (C=O) groups is 3. The molecule has 0 aromatic heterocycles. The number of amides is 4. The maximum Gasteiger partial charge on any atom is 0.328 e. The molecule has 20 heavy (non-hydrogen) atoms. The van der Waals surface area contributed by atoms with E-state index in [0.717, 1.165) is 12.1 Å². The van der Waals surface area contributed by atoms with E-state index in [1.54, 1.807) is 0 Å². The van der Waals surface area contributed by atoms with Crippen LogP contribution >= 0.6 is 0 Å². The van der Waals surface area contributed by atoms with E-state index < -0.39 is 28.0 Å². The third kappa shape index (κ3) is 2.90. The molecule has 8 nitrogen and oxygen atoms in total. The number of nitrogens with one attached hydrogen (secondary N) is 2. The second-order valence-electron chi connectivity index (χ2n) is 3.84. The van der Waals surface area contributed by atoms with Crippen LogP contribution in [0.4, 0.5) is 4.79 Å². The molecular formula is C11H8N2O6S. The van der Waals surface area contributed by atoms with Crippen molar-refractivity contribution in [2.24, 2.45) is 0 Å². The highest BCUT2D eigenvalue weighted by Gasteiger charge is 2.27. The number of rotatable bonds is 2. The van der Waals surface area contributed by atoms with Crippen LogP contribution in [-0.4, -0.2) is 30.8 Å². The van der Waals surface area contributed by atoms with Crippen LogP contribution in [0.3, 0.4) is 0 Å². The number of hydrogen-bond donors (Lipinski definition) is 3. The summed E-state index contributed by atoms with van der Waals surface area (Å²) in [6.07, 6.45) is 1.19. The molecule has 0 spiro atoms. The summed E-state index contributed by atoms with van der Waals surface area (Å²) in [6, 6.07) is 3.93. The minimum atomic E-state index is -4.31. The fourth-order valence-corrected chi connectivity index (χ4v) is 1.99. The summed E-state index contributed by atoms with van der Waals surface area (Å²) in [6.45, 7) is 0. The Morgan fingerprint density at radius 3 is 1.90 bits per heavy atom. The van der Waals surface area contributed by atoms with Crippen molar-refractivity contribution in [1.29, 1.82) is 0 Å². The SMILES string of the molecule is O=C1NC(=O)C(=Cc2ccc(S(=O)(=O)O)cc2)C(=O)N1. The maximum atomic E-state index is 11.4. The number of imide groups is 2. The molecule has 0 saturated carbocycles. The molecule has 1 fully saturated rings. The lowest BCUT2D eigenvalue weighted by Crippen LogP contribution is -2.51. The molecule has 1 aliphatic heterocycles. The Bertz CT molecular complexity index is 711. The number of hydrogen-bond acceptors (Lipinski definition) is 5. The number of barbiturate groups is 1. The number of benzene rings is 1. The van der Waals surface area contributed by atoms with Crippen LogP contribution in [0.2, 0.25) is 0 Å². The van der Waals surface area contributed by atoms with Gasteiger partial charge in [0.2, 0.25) is 0 Å². The molecule has 4 amide bonds. The fourth-order valence-electron chi connectivity index (χ4n) is 1.51. The Balaban J connectivity index is 2.33. The molecule has 0 radical (unpaired) electrons. The van der Waals surface area contributed by atoms with Crippen molar-refractivity contribution in [2.75, 3.05) is 0 Å². The van der Waals surface area contributed by atoms with Crippen LogP contribution in [0.1, 0.15) is 5.56 Å². The molecule has 9 heteroatoms. The van der Waals surface area contributed by atoms with Crippen LogP contribution in [0, 0.1) is 0 Å². The first-order valence-electron chi connectivity index (χ1n) is 5.23. The van der Waals surface area contributed by atoms with E-state index in [2.05, 4.69) is 0 Å². The fraction of sp³-hybridized carbons (Fsp3) is 0. The minimum absolute atomic E-state index is 0.288. The van der Waals surface area contributed by atoms with E-state index in [1.165, 1.54) is 18.2 Å². The van der Waals surface area contributed by atoms with E-state index in [4.69, 9.17) is 4.55 Å². The van der Waals surface area contributed by atoms with Gasteiger partial charge in [0.15, 0.2) is 0 Å². The summed E-state index contributed by atoms with van der Waals surface area (Å²) >= 11 is 0. The summed E-state index contributed by atoms with van der Waals surface area (Å²) in [5.74, 6) is -1.70. The standard InChI is InChI=1S/C11H8N2O6S/c14-9-8(10(15)13-11(16)12-9)5-6-1-3-7(4-2-6)20(17,18)19/h1-5H,(H,17,18,19)(H2,12,13,14,15,16). The molecule has 2 rings (SSSR count). The molecule has 0 bridgehead atoms. The Hall–Kier alpha value is -2.52. The molecule has 3 N–H and O–H groups in total. The second kappa shape index (κ2) is 4.87. The molecule has 104 valence electrons. The van der Waals surface area contributed by atoms with Crippen LogP contribution in [0.15, 0.2) is 34.7 Å². The summed E-state index contributed by atoms with van der Waals surface area (Å²) in [7, 11) is -4.31. The Morgan fingerprint density at radius 2 is 1.45 bits per heavy atom. The van der Waals surface area contributed by atoms with E-state index in [-0.39, 0.29) is 10.5 Å². The van der Waals surface area contributed by atoms with Gasteiger partial charge in [0.05, 0.1) is 4.90 Å². The molecule has 1 aromatic rings. The molecular weight excluding hydrogens is 288 g/mol. The van der Waals surface area contributed by atoms with Crippen molar-refractivity contribution in [3.05, 3.63) is 35.4 Å². The first kappa shape index (κ1) is 13.9. The van der Waals surface area contributed by atoms with Crippen molar-refractivity contribution >= 4 is 34.0 Å². The molecule has 1 heterocycles. The monoisotopic (exact) mass is 296 g/mol. The molecule has 1 aromatic carbocycles. The van der Waals surface area contributed by atoms with Gasteiger partial charge in [-0.05, 0) is 23.8 Å². The van der Waals surface area contributed by atoms with Gasteiger partial charge in [-0.3, -0.25) is 24.8 Å². The molecule has 0 aliphatic carbocycles. The summed E-state index contributed by atoms with van der Waals surface area (Å²) in [5.41, 5.74) is 0.0660. The predicted molar refractivity (Wildman–Crippen MR) is 65.9 cm³/mol. The largest absolute Gasteiger partial charge is 0.328 e. The Morgan fingerprint density at radius 1 is 0.950 bits per heavy atom. The number of carbonyl (C=O) groups excluding carboxylic acids is 3. The van der Waals surface area contributed by atoms with Gasteiger partial charge in [0.1, 0.15) is 5.57 Å². The molecule has 1 aliphatic rings. The summed E-state index contributed by atoms with van der Waals surface area (Å²) < 4.78 is 30.5. The lowest BCUT2D eigenvalue weighted by Gasteiger charge is -2.13. The highest BCUT2D eigenvalue weighted by molar-refractivity contribution is 7.85. The van der Waals surface area contributed by atoms with E-state index >= 15 is 0 Å². The second-order valence-corrected chi connectivity index (χ2v) is 5.26. The summed E-state index contributed by atoms with van der Waals surface area (Å²) in [5, 5.41) is 3.80. The Kier molecular flexibility index (Phi) is 3.38. The van der Waals surface area contributed by atoms with E-state index in [9.17, 15) is 22.8 Å². The average molecular weight is 296 g/mol. The third-order valence-corrected chi connectivity index (χ3v) is 3.30. The van der Waals surface area contributed by atoms with Crippen molar-refractivity contribution in [2.45, 2.75) is 4.90 Å². The molecule has 1 saturated heterocycles. The quantitative estimate of drug-likeness (QED) is 0.389. The van der Waals surface area contributed by atoms with Gasteiger partial charge in [-0.25, -0.2) is 4.79 Å². The lowest BCUT2D eigenvalue weighted by molar-refractivity contribution is -0.123. The van der Waals surface area contributed by atoms with Crippen molar-refractivity contribution in [3.63, 3.8) is 0 Å². The first-order valence-corrected chi connectivity index (χ1v) is 6.67. The van der Waals surface area contributed by atoms with Gasteiger partial charge in [0.25, 0.3) is 21.9 Å². The van der Waals surface area contributed by atoms with E-state index in [1.807, 2.05) is 10.6 Å².